The van der Waals surface area contributed by atoms with Crippen LogP contribution in [-0.4, -0.2) is 46.6 Å². The van der Waals surface area contributed by atoms with Crippen molar-refractivity contribution in [3.63, 3.8) is 0 Å². The Morgan fingerprint density at radius 2 is 0.698 bits per heavy atom. The number of aromatic nitrogens is 6. The van der Waals surface area contributed by atoms with Gasteiger partial charge in [-0.2, -0.15) is 10.5 Å². The molecule has 12 nitrogen and oxygen atoms in total. The van der Waals surface area contributed by atoms with Crippen LogP contribution < -0.4 is 5.46 Å². The zero-order chi connectivity index (χ0) is 72.4. The van der Waals surface area contributed by atoms with Crippen molar-refractivity contribution >= 4 is 127 Å². The van der Waals surface area contributed by atoms with Gasteiger partial charge in [-0.25, -0.2) is 14.7 Å². The predicted octanol–water partition coefficient (Wildman–Crippen LogP) is 23.1. The number of hydrogen-bond acceptors (Lipinski definition) is 6. The molecule has 1 aliphatic heterocycles. The first-order valence-electron chi connectivity index (χ1n) is 34.8. The van der Waals surface area contributed by atoms with Gasteiger partial charge in [0.25, 0.3) is 0 Å². The van der Waals surface area contributed by atoms with E-state index in [9.17, 15) is 10.5 Å². The van der Waals surface area contributed by atoms with Crippen LogP contribution in [-0.2, 0) is 9.31 Å². The Labute approximate surface area is 620 Å². The molecule has 1 fully saturated rings. The molecule has 6 aromatic heterocycles. The van der Waals surface area contributed by atoms with E-state index in [-0.39, 0.29) is 0 Å². The van der Waals surface area contributed by atoms with E-state index in [2.05, 4.69) is 219 Å². The van der Waals surface area contributed by atoms with Crippen LogP contribution in [0.4, 0.5) is 11.4 Å². The van der Waals surface area contributed by atoms with Crippen LogP contribution in [0.5, 0.6) is 0 Å². The minimum atomic E-state index is -0.604. The first-order chi connectivity index (χ1) is 51.8. The van der Waals surface area contributed by atoms with Crippen LogP contribution >= 0.6 is 15.9 Å². The third kappa shape index (κ3) is 11.3. The minimum Gasteiger partial charge on any atom is -0.399 e. The van der Waals surface area contributed by atoms with Gasteiger partial charge in [-0.1, -0.05) is 188 Å². The zero-order valence-electron chi connectivity index (χ0n) is 58.1. The SMILES string of the molecule is Brc1cc(-n2c3ccccc3c3ccccc32)ccn1.[C-]#[N+]c1cccc(-c2cc(C#N)cc(-c3cc(-n4c5ccccc5c5ccccc54)ccn3)c2)c1-n1c2ccccc2c2ccccc21.[C-]#[N+]c1cccc(-c2cc(C#N)cc(B3OC(C)(C)C(C)(C)O3)c2)c1-n1c2ccccc2c2ccccc21. The van der Waals surface area contributed by atoms with Crippen LogP contribution in [0.1, 0.15) is 38.8 Å². The summed E-state index contributed by atoms with van der Waals surface area (Å²) in [5.74, 6) is 0. The summed E-state index contributed by atoms with van der Waals surface area (Å²) in [5.41, 5.74) is 19.3. The molecular weight excluding hydrogens is 1370 g/mol. The lowest BCUT2D eigenvalue weighted by atomic mass is 9.77. The fraction of sp³-hybridized carbons (Fsp3) is 0.0652. The molecule has 1 aliphatic rings. The number of pyridine rings is 2. The first kappa shape index (κ1) is 65.8. The van der Waals surface area contributed by atoms with Crippen LogP contribution in [0.2, 0.25) is 0 Å². The maximum absolute atomic E-state index is 10.2. The normalized spacial score (nSPS) is 13.0. The van der Waals surface area contributed by atoms with Gasteiger partial charge in [-0.15, -0.1) is 0 Å². The number of halogens is 1. The van der Waals surface area contributed by atoms with Gasteiger partial charge in [-0.05, 0) is 174 Å². The van der Waals surface area contributed by atoms with E-state index in [1.807, 2.05) is 174 Å². The van der Waals surface area contributed by atoms with Crippen LogP contribution in [0, 0.1) is 35.8 Å². The monoisotopic (exact) mass is 1430 g/mol. The lowest BCUT2D eigenvalue weighted by Crippen LogP contribution is -2.41. The maximum atomic E-state index is 10.2. The summed E-state index contributed by atoms with van der Waals surface area (Å²) in [6, 6.07) is 103. The highest BCUT2D eigenvalue weighted by molar-refractivity contribution is 9.10. The molecule has 14 heteroatoms. The molecule has 0 bridgehead atoms. The molecule has 0 saturated carbocycles. The van der Waals surface area contributed by atoms with E-state index in [0.29, 0.717) is 22.5 Å². The van der Waals surface area contributed by atoms with E-state index in [0.717, 1.165) is 121 Å². The molecule has 0 atom stereocenters. The average Bonchev–Trinajstić information content (AvgIpc) is 1.53. The second-order valence-corrected chi connectivity index (χ2v) is 28.1. The molecule has 18 aromatic rings. The summed E-state index contributed by atoms with van der Waals surface area (Å²) in [7, 11) is -0.604. The van der Waals surface area contributed by atoms with Gasteiger partial charge in [0.05, 0.1) is 115 Å². The minimum absolute atomic E-state index is 0.501. The standard InChI is InChI=1S/C43H25N5.C32H26BN3O2.C17H11BrN2/c1-45-37-16-10-15-32(43(37)48-41-19-8-4-13-35(41)36-14-5-9-20-42(36)48)29-23-28(27-44)24-30(25-29)38-26-31(21-22-46-38)47-39-17-6-2-11-33(39)34-12-3-7-18-40(34)47;1-31(2)32(3,4)38-33(37-31)23-18-21(20-34)17-22(19-23)24-13-10-14-27(35-5)30(24)36-28-15-8-6-11-25(28)26-12-7-9-16-29(26)36;18-17-11-12(9-10-19-17)20-15-7-3-1-5-13(15)14-6-2-4-8-16(14)20/h2-26H;6-19H,1-4H3;1-11H. The summed E-state index contributed by atoms with van der Waals surface area (Å²) < 4.78 is 22.4. The van der Waals surface area contributed by atoms with Crippen molar-refractivity contribution in [2.45, 2.75) is 38.9 Å². The molecule has 0 aliphatic carbocycles. The first-order valence-corrected chi connectivity index (χ1v) is 35.6. The molecule has 0 N–H and O–H groups in total. The largest absolute Gasteiger partial charge is 0.494 e. The molecule has 19 rings (SSSR count). The van der Waals surface area contributed by atoms with Gasteiger partial charge in [0, 0.05) is 66.7 Å². The smallest absolute Gasteiger partial charge is 0.399 e. The Balaban J connectivity index is 0.000000126. The zero-order valence-corrected chi connectivity index (χ0v) is 59.7. The van der Waals surface area contributed by atoms with E-state index in [4.69, 9.17) is 27.4 Å². The number of benzene rings is 12. The summed E-state index contributed by atoms with van der Waals surface area (Å²) in [6.07, 6.45) is 3.65. The summed E-state index contributed by atoms with van der Waals surface area (Å²) in [5, 5.41) is 29.6. The highest BCUT2D eigenvalue weighted by atomic mass is 79.9. The molecule has 0 radical (unpaired) electrons. The summed E-state index contributed by atoms with van der Waals surface area (Å²) in [6.45, 7) is 24.3. The van der Waals surface area contributed by atoms with Gasteiger partial charge < -0.3 is 27.6 Å². The van der Waals surface area contributed by atoms with Gasteiger partial charge in [0.1, 0.15) is 4.60 Å². The van der Waals surface area contributed by atoms with Crippen LogP contribution in [0.15, 0.2) is 308 Å². The highest BCUT2D eigenvalue weighted by Gasteiger charge is 2.52. The van der Waals surface area contributed by atoms with Crippen molar-refractivity contribution in [3.8, 4) is 68.4 Å². The predicted molar refractivity (Wildman–Crippen MR) is 434 cm³/mol. The third-order valence-corrected chi connectivity index (χ3v) is 21.0. The molecule has 502 valence electrons. The second-order valence-electron chi connectivity index (χ2n) is 27.2. The van der Waals surface area contributed by atoms with E-state index in [1.54, 1.807) is 0 Å². The van der Waals surface area contributed by atoms with Gasteiger partial charge in [-0.3, -0.25) is 4.98 Å². The summed E-state index contributed by atoms with van der Waals surface area (Å²) >= 11 is 3.45. The third-order valence-electron chi connectivity index (χ3n) is 20.6. The van der Waals surface area contributed by atoms with Gasteiger partial charge >= 0.3 is 7.12 Å². The van der Waals surface area contributed by atoms with Crippen molar-refractivity contribution in [1.29, 1.82) is 10.5 Å². The lowest BCUT2D eigenvalue weighted by Gasteiger charge is -2.32. The number of rotatable bonds is 8. The molecular formula is C92H62BBrN10O2. The average molecular weight is 1430 g/mol. The molecule has 7 heterocycles. The summed E-state index contributed by atoms with van der Waals surface area (Å²) in [4.78, 5) is 16.9. The molecule has 12 aromatic carbocycles. The van der Waals surface area contributed by atoms with Crippen LogP contribution in [0.3, 0.4) is 0 Å². The number of hydrogen-bond donors (Lipinski definition) is 0. The lowest BCUT2D eigenvalue weighted by molar-refractivity contribution is 0.00578. The molecule has 0 spiro atoms. The number of fused-ring (bicyclic) bond motifs is 12. The Bertz CT molecular complexity index is 6560. The molecule has 0 amide bonds. The quantitative estimate of drug-likeness (QED) is 0.0849. The van der Waals surface area contributed by atoms with Gasteiger partial charge in [0.15, 0.2) is 0 Å². The van der Waals surface area contributed by atoms with E-state index >= 15 is 0 Å². The van der Waals surface area contributed by atoms with Gasteiger partial charge in [0.2, 0.25) is 11.4 Å². The molecule has 106 heavy (non-hydrogen) atoms. The number of nitriles is 2. The van der Waals surface area contributed by atoms with Crippen molar-refractivity contribution in [2.75, 3.05) is 0 Å². The van der Waals surface area contributed by atoms with E-state index in [1.165, 1.54) is 32.6 Å². The maximum Gasteiger partial charge on any atom is 0.494 e. The fourth-order valence-electron chi connectivity index (χ4n) is 15.1. The number of para-hydroxylation sites is 10. The van der Waals surface area contributed by atoms with Crippen molar-refractivity contribution in [3.05, 3.63) is 342 Å². The number of nitrogens with zero attached hydrogens (tertiary/aromatic N) is 10. The molecule has 0 unspecified atom stereocenters. The topological polar surface area (TPSA) is 120 Å². The van der Waals surface area contributed by atoms with Crippen molar-refractivity contribution in [2.24, 2.45) is 0 Å². The fourth-order valence-corrected chi connectivity index (χ4v) is 15.5. The van der Waals surface area contributed by atoms with Crippen LogP contribution in [0.25, 0.3) is 153 Å². The highest BCUT2D eigenvalue weighted by Crippen LogP contribution is 2.45. The van der Waals surface area contributed by atoms with Crippen molar-refractivity contribution in [1.82, 2.24) is 28.2 Å². The Hall–Kier alpha value is -13.4. The Morgan fingerprint density at radius 3 is 1.07 bits per heavy atom. The molecule has 1 saturated heterocycles. The Kier molecular flexibility index (Phi) is 16.6. The van der Waals surface area contributed by atoms with Crippen molar-refractivity contribution < 1.29 is 9.31 Å². The second kappa shape index (κ2) is 26.7. The Morgan fingerprint density at radius 1 is 0.368 bits per heavy atom. The van der Waals surface area contributed by atoms with E-state index < -0.39 is 18.3 Å².